The molecule has 1 aliphatic heterocycles. The third kappa shape index (κ3) is 3.32. The largest absolute Gasteiger partial charge is 0.368 e. The summed E-state index contributed by atoms with van der Waals surface area (Å²) in [6.07, 6.45) is 3.17. The number of hydrogen-bond donors (Lipinski definition) is 0. The standard InChI is InChI=1S/C16H18BrN3O2S/c1-3-10-5-8-22-13(10)15(21)20(2)16-18-7-4-12(19-16)14-11(17)6-9-23-14/h4,6-7,9-10,13H,3,5,8H2,1-2H3/t10-,13+/m1/s1. The third-order valence-electron chi connectivity index (χ3n) is 4.11. The average Bonchev–Trinajstić information content (AvgIpc) is 3.22. The van der Waals surface area contributed by atoms with Crippen molar-refractivity contribution in [1.29, 1.82) is 0 Å². The molecule has 2 aromatic rings. The van der Waals surface area contributed by atoms with Crippen LogP contribution in [0.1, 0.15) is 19.8 Å². The number of rotatable bonds is 4. The Morgan fingerprint density at radius 3 is 3.04 bits per heavy atom. The zero-order valence-corrected chi connectivity index (χ0v) is 15.4. The van der Waals surface area contributed by atoms with E-state index >= 15 is 0 Å². The van der Waals surface area contributed by atoms with E-state index < -0.39 is 0 Å². The molecule has 1 fully saturated rings. The molecule has 0 unspecified atom stereocenters. The van der Waals surface area contributed by atoms with Gasteiger partial charge in [0.15, 0.2) is 0 Å². The first kappa shape index (κ1) is 16.5. The molecule has 7 heteroatoms. The molecule has 0 aromatic carbocycles. The van der Waals surface area contributed by atoms with Crippen molar-refractivity contribution in [2.75, 3.05) is 18.6 Å². The van der Waals surface area contributed by atoms with Gasteiger partial charge in [-0.15, -0.1) is 11.3 Å². The minimum atomic E-state index is -0.384. The number of halogens is 1. The number of carbonyl (C=O) groups excluding carboxylic acids is 1. The van der Waals surface area contributed by atoms with Crippen LogP contribution in [0.2, 0.25) is 0 Å². The lowest BCUT2D eigenvalue weighted by Crippen LogP contribution is -2.40. The van der Waals surface area contributed by atoms with E-state index in [9.17, 15) is 4.79 Å². The maximum Gasteiger partial charge on any atom is 0.258 e. The quantitative estimate of drug-likeness (QED) is 0.790. The van der Waals surface area contributed by atoms with Crippen LogP contribution in [-0.2, 0) is 9.53 Å². The summed E-state index contributed by atoms with van der Waals surface area (Å²) in [6, 6.07) is 3.83. The molecule has 1 amide bonds. The summed E-state index contributed by atoms with van der Waals surface area (Å²) in [4.78, 5) is 24.0. The zero-order chi connectivity index (χ0) is 16.4. The molecule has 0 spiro atoms. The summed E-state index contributed by atoms with van der Waals surface area (Å²) >= 11 is 5.11. The molecular weight excluding hydrogens is 378 g/mol. The highest BCUT2D eigenvalue weighted by Crippen LogP contribution is 2.33. The lowest BCUT2D eigenvalue weighted by Gasteiger charge is -2.22. The van der Waals surface area contributed by atoms with Crippen LogP contribution in [0.4, 0.5) is 5.95 Å². The Morgan fingerprint density at radius 1 is 1.52 bits per heavy atom. The fourth-order valence-electron chi connectivity index (χ4n) is 2.73. The van der Waals surface area contributed by atoms with E-state index in [4.69, 9.17) is 4.74 Å². The number of amides is 1. The summed E-state index contributed by atoms with van der Waals surface area (Å²) in [6.45, 7) is 2.73. The number of aromatic nitrogens is 2. The fourth-order valence-corrected chi connectivity index (χ4v) is 4.27. The van der Waals surface area contributed by atoms with Crippen LogP contribution >= 0.6 is 27.3 Å². The van der Waals surface area contributed by atoms with Gasteiger partial charge < -0.3 is 4.74 Å². The predicted molar refractivity (Wildman–Crippen MR) is 94.6 cm³/mol. The van der Waals surface area contributed by atoms with Gasteiger partial charge in [0.05, 0.1) is 10.6 Å². The Balaban J connectivity index is 1.84. The molecule has 122 valence electrons. The molecule has 5 nitrogen and oxygen atoms in total. The number of ether oxygens (including phenoxy) is 1. The maximum atomic E-state index is 12.7. The van der Waals surface area contributed by atoms with Gasteiger partial charge in [-0.3, -0.25) is 9.69 Å². The lowest BCUT2D eigenvalue weighted by molar-refractivity contribution is -0.128. The minimum absolute atomic E-state index is 0.0725. The lowest BCUT2D eigenvalue weighted by atomic mass is 9.98. The van der Waals surface area contributed by atoms with E-state index in [0.29, 0.717) is 12.6 Å². The monoisotopic (exact) mass is 395 g/mol. The Labute approximate surface area is 147 Å². The molecule has 23 heavy (non-hydrogen) atoms. The van der Waals surface area contributed by atoms with Crippen LogP contribution in [0.5, 0.6) is 0 Å². The van der Waals surface area contributed by atoms with Gasteiger partial charge in [-0.05, 0) is 45.8 Å². The molecule has 0 N–H and O–H groups in total. The molecule has 0 radical (unpaired) electrons. The normalized spacial score (nSPS) is 20.7. The van der Waals surface area contributed by atoms with Crippen molar-refractivity contribution in [3.8, 4) is 10.6 Å². The Kier molecular flexibility index (Phi) is 5.08. The second-order valence-electron chi connectivity index (χ2n) is 5.49. The van der Waals surface area contributed by atoms with E-state index in [1.807, 2.05) is 17.5 Å². The van der Waals surface area contributed by atoms with E-state index in [-0.39, 0.29) is 17.9 Å². The molecule has 3 heterocycles. The summed E-state index contributed by atoms with van der Waals surface area (Å²) in [5, 5.41) is 1.99. The highest BCUT2D eigenvalue weighted by Gasteiger charge is 2.35. The van der Waals surface area contributed by atoms with Gasteiger partial charge in [-0.25, -0.2) is 9.97 Å². The number of hydrogen-bond acceptors (Lipinski definition) is 5. The molecule has 2 atom stereocenters. The van der Waals surface area contributed by atoms with Crippen molar-refractivity contribution in [2.24, 2.45) is 5.92 Å². The summed E-state index contributed by atoms with van der Waals surface area (Å²) in [5.41, 5.74) is 0.802. The van der Waals surface area contributed by atoms with Crippen molar-refractivity contribution in [3.05, 3.63) is 28.2 Å². The van der Waals surface area contributed by atoms with E-state index in [2.05, 4.69) is 32.8 Å². The zero-order valence-electron chi connectivity index (χ0n) is 13.0. The molecule has 3 rings (SSSR count). The van der Waals surface area contributed by atoms with Crippen molar-refractivity contribution in [3.63, 3.8) is 0 Å². The van der Waals surface area contributed by atoms with Gasteiger partial charge in [0.2, 0.25) is 5.95 Å². The molecular formula is C16H18BrN3O2S. The van der Waals surface area contributed by atoms with Crippen LogP contribution in [0.3, 0.4) is 0 Å². The van der Waals surface area contributed by atoms with E-state index in [1.165, 1.54) is 4.90 Å². The maximum absolute atomic E-state index is 12.7. The molecule has 0 saturated carbocycles. The van der Waals surface area contributed by atoms with Crippen molar-refractivity contribution >= 4 is 39.1 Å². The highest BCUT2D eigenvalue weighted by molar-refractivity contribution is 9.10. The first-order valence-electron chi connectivity index (χ1n) is 7.57. The van der Waals surface area contributed by atoms with Crippen LogP contribution in [-0.4, -0.2) is 35.6 Å². The number of nitrogens with zero attached hydrogens (tertiary/aromatic N) is 3. The van der Waals surface area contributed by atoms with Gasteiger partial charge >= 0.3 is 0 Å². The first-order valence-corrected chi connectivity index (χ1v) is 9.24. The summed E-state index contributed by atoms with van der Waals surface area (Å²) < 4.78 is 6.62. The molecule has 0 aliphatic carbocycles. The number of anilines is 1. The average molecular weight is 396 g/mol. The van der Waals surface area contributed by atoms with Crippen molar-refractivity contribution in [1.82, 2.24) is 9.97 Å². The van der Waals surface area contributed by atoms with Crippen molar-refractivity contribution < 1.29 is 9.53 Å². The molecule has 1 saturated heterocycles. The second-order valence-corrected chi connectivity index (χ2v) is 7.26. The number of carbonyl (C=O) groups is 1. The summed E-state index contributed by atoms with van der Waals surface area (Å²) in [7, 11) is 1.71. The van der Waals surface area contributed by atoms with Crippen LogP contribution in [0.15, 0.2) is 28.2 Å². The molecule has 1 aliphatic rings. The van der Waals surface area contributed by atoms with Crippen molar-refractivity contribution in [2.45, 2.75) is 25.9 Å². The van der Waals surface area contributed by atoms with E-state index in [1.54, 1.807) is 24.6 Å². The van der Waals surface area contributed by atoms with E-state index in [0.717, 1.165) is 27.9 Å². The van der Waals surface area contributed by atoms with Gasteiger partial charge in [-0.1, -0.05) is 13.3 Å². The smallest absolute Gasteiger partial charge is 0.258 e. The van der Waals surface area contributed by atoms with Gasteiger partial charge in [-0.2, -0.15) is 0 Å². The van der Waals surface area contributed by atoms with Crippen LogP contribution < -0.4 is 4.90 Å². The first-order chi connectivity index (χ1) is 11.1. The minimum Gasteiger partial charge on any atom is -0.368 e. The Hall–Kier alpha value is -1.31. The molecule has 2 aromatic heterocycles. The SMILES string of the molecule is CC[C@@H]1CCO[C@@H]1C(=O)N(C)c1nccc(-c2sccc2Br)n1. The van der Waals surface area contributed by atoms with Gasteiger partial charge in [0.25, 0.3) is 5.91 Å². The Bertz CT molecular complexity index is 706. The topological polar surface area (TPSA) is 55.3 Å². The number of likely N-dealkylation sites (N-methyl/N-ethyl adjacent to an activating group) is 1. The van der Waals surface area contributed by atoms with Gasteiger partial charge in [0.1, 0.15) is 6.10 Å². The van der Waals surface area contributed by atoms with Crippen LogP contribution in [0.25, 0.3) is 10.6 Å². The second kappa shape index (κ2) is 7.07. The van der Waals surface area contributed by atoms with Gasteiger partial charge in [0, 0.05) is 24.3 Å². The Morgan fingerprint density at radius 2 is 2.35 bits per heavy atom. The fraction of sp³-hybridized carbons (Fsp3) is 0.438. The third-order valence-corrected chi connectivity index (χ3v) is 5.97. The summed E-state index contributed by atoms with van der Waals surface area (Å²) in [5.74, 6) is 0.606. The van der Waals surface area contributed by atoms with Crippen LogP contribution in [0, 0.1) is 5.92 Å². The molecule has 0 bridgehead atoms. The predicted octanol–water partition coefficient (Wildman–Crippen LogP) is 3.75. The highest BCUT2D eigenvalue weighted by atomic mass is 79.9. The number of thiophene rings is 1.